The van der Waals surface area contributed by atoms with E-state index in [1.807, 2.05) is 26.8 Å². The van der Waals surface area contributed by atoms with Crippen molar-refractivity contribution < 1.29 is 14.6 Å². The minimum absolute atomic E-state index is 0.101. The summed E-state index contributed by atoms with van der Waals surface area (Å²) in [6.45, 7) is 10.6. The van der Waals surface area contributed by atoms with Crippen LogP contribution in [0.15, 0.2) is 23.3 Å². The van der Waals surface area contributed by atoms with E-state index in [2.05, 4.69) is 26.0 Å². The number of aliphatic hydroxyl groups excluding tert-OH is 1. The third kappa shape index (κ3) is 9.73. The van der Waals surface area contributed by atoms with Crippen LogP contribution in [0.4, 0.5) is 0 Å². The lowest BCUT2D eigenvalue weighted by molar-refractivity contribution is -0.146. The minimum atomic E-state index is -0.448. The van der Waals surface area contributed by atoms with E-state index in [1.54, 1.807) is 0 Å². The van der Waals surface area contributed by atoms with E-state index in [1.165, 1.54) is 11.1 Å². The Bertz CT molecular complexity index is 396. The number of nitriles is 1. The zero-order valence-corrected chi connectivity index (χ0v) is 14.6. The molecule has 0 aromatic carbocycles. The first-order valence-corrected chi connectivity index (χ1v) is 8.04. The second-order valence-corrected chi connectivity index (χ2v) is 5.63. The van der Waals surface area contributed by atoms with E-state index in [9.17, 15) is 5.26 Å². The molecule has 0 aromatic heterocycles. The van der Waals surface area contributed by atoms with E-state index in [0.717, 1.165) is 12.8 Å². The highest BCUT2D eigenvalue weighted by atomic mass is 16.7. The van der Waals surface area contributed by atoms with Gasteiger partial charge in [-0.05, 0) is 52.9 Å². The molecule has 4 nitrogen and oxygen atoms in total. The number of aliphatic hydroxyl groups is 1. The van der Waals surface area contributed by atoms with Gasteiger partial charge >= 0.3 is 0 Å². The maximum atomic E-state index is 9.20. The number of ether oxygens (including phenoxy) is 2. The van der Waals surface area contributed by atoms with E-state index < -0.39 is 6.10 Å². The van der Waals surface area contributed by atoms with Crippen molar-refractivity contribution in [1.29, 1.82) is 5.26 Å². The van der Waals surface area contributed by atoms with Crippen molar-refractivity contribution in [2.24, 2.45) is 5.92 Å². The van der Waals surface area contributed by atoms with Gasteiger partial charge in [0.05, 0.1) is 12.7 Å². The molecule has 0 bridgehead atoms. The summed E-state index contributed by atoms with van der Waals surface area (Å²) in [6, 6.07) is 2.20. The summed E-state index contributed by atoms with van der Waals surface area (Å²) >= 11 is 0. The van der Waals surface area contributed by atoms with E-state index in [-0.39, 0.29) is 12.9 Å². The average Bonchev–Trinajstić information content (AvgIpc) is 2.46. The van der Waals surface area contributed by atoms with Crippen molar-refractivity contribution in [3.05, 3.63) is 23.3 Å². The molecule has 0 aliphatic carbocycles. The van der Waals surface area contributed by atoms with Crippen molar-refractivity contribution in [1.82, 2.24) is 0 Å². The molecule has 126 valence electrons. The van der Waals surface area contributed by atoms with Gasteiger partial charge in [0.1, 0.15) is 6.10 Å². The van der Waals surface area contributed by atoms with E-state index in [0.29, 0.717) is 18.9 Å². The van der Waals surface area contributed by atoms with E-state index >= 15 is 0 Å². The summed E-state index contributed by atoms with van der Waals surface area (Å²) in [4.78, 5) is 0. The smallest absolute Gasteiger partial charge is 0.156 e. The number of nitrogens with zero attached hydrogens (tertiary/aromatic N) is 1. The third-order valence-electron chi connectivity index (χ3n) is 3.69. The van der Waals surface area contributed by atoms with Crippen LogP contribution >= 0.6 is 0 Å². The van der Waals surface area contributed by atoms with Crippen molar-refractivity contribution in [2.45, 2.75) is 66.3 Å². The molecule has 0 spiro atoms. The van der Waals surface area contributed by atoms with E-state index in [4.69, 9.17) is 14.6 Å². The van der Waals surface area contributed by atoms with Gasteiger partial charge in [-0.25, -0.2) is 0 Å². The van der Waals surface area contributed by atoms with Gasteiger partial charge in [0.15, 0.2) is 6.29 Å². The minimum Gasteiger partial charge on any atom is -0.392 e. The second kappa shape index (κ2) is 12.4. The van der Waals surface area contributed by atoms with Crippen LogP contribution in [0, 0.1) is 17.2 Å². The third-order valence-corrected chi connectivity index (χ3v) is 3.69. The predicted molar refractivity (Wildman–Crippen MR) is 89.2 cm³/mol. The van der Waals surface area contributed by atoms with Gasteiger partial charge in [0, 0.05) is 6.61 Å². The molecule has 1 N–H and O–H groups in total. The lowest BCUT2D eigenvalue weighted by atomic mass is 9.95. The molecule has 0 rings (SSSR count). The molecule has 0 fully saturated rings. The topological polar surface area (TPSA) is 62.5 Å². The normalized spacial score (nSPS) is 17.0. The SMILES string of the molecule is CCOC(C)OC(C#N)C[C@H](C)/C(C)=C/CC/C(C)=C/CO. The van der Waals surface area contributed by atoms with Crippen molar-refractivity contribution in [3.8, 4) is 6.07 Å². The Hall–Kier alpha value is -1.15. The molecule has 0 heterocycles. The Labute approximate surface area is 135 Å². The average molecular weight is 309 g/mol. The maximum Gasteiger partial charge on any atom is 0.156 e. The highest BCUT2D eigenvalue weighted by Gasteiger charge is 2.17. The van der Waals surface area contributed by atoms with Gasteiger partial charge in [0.2, 0.25) is 0 Å². The fraction of sp³-hybridized carbons (Fsp3) is 0.722. The first kappa shape index (κ1) is 20.9. The first-order valence-electron chi connectivity index (χ1n) is 8.04. The quantitative estimate of drug-likeness (QED) is 0.463. The molecular formula is C18H31NO3. The standard InChI is InChI=1S/C18H31NO3/c1-6-21-17(5)22-18(13-19)12-16(4)15(3)9-7-8-14(2)10-11-20/h9-10,16-18,20H,6-8,11-12H2,1-5H3/b14-10+,15-9+/t16-,17?,18?/m0/s1. The monoisotopic (exact) mass is 309 g/mol. The Morgan fingerprint density at radius 1 is 1.27 bits per heavy atom. The number of hydrogen-bond donors (Lipinski definition) is 1. The molecule has 22 heavy (non-hydrogen) atoms. The molecule has 4 heteroatoms. The zero-order chi connectivity index (χ0) is 17.0. The lowest BCUT2D eigenvalue weighted by Crippen LogP contribution is -2.23. The molecule has 0 aromatic rings. The Kier molecular flexibility index (Phi) is 11.8. The summed E-state index contributed by atoms with van der Waals surface area (Å²) in [5.74, 6) is 0.292. The zero-order valence-electron chi connectivity index (χ0n) is 14.6. The van der Waals surface area contributed by atoms with Gasteiger partial charge in [-0.3, -0.25) is 0 Å². The fourth-order valence-electron chi connectivity index (χ4n) is 2.14. The van der Waals surface area contributed by atoms with Crippen LogP contribution in [0.5, 0.6) is 0 Å². The molecule has 0 amide bonds. The Morgan fingerprint density at radius 3 is 2.50 bits per heavy atom. The lowest BCUT2D eigenvalue weighted by Gasteiger charge is -2.20. The van der Waals surface area contributed by atoms with Crippen molar-refractivity contribution in [3.63, 3.8) is 0 Å². The highest BCUT2D eigenvalue weighted by Crippen LogP contribution is 2.20. The summed E-state index contributed by atoms with van der Waals surface area (Å²) in [7, 11) is 0. The molecule has 0 saturated heterocycles. The van der Waals surface area contributed by atoms with Crippen LogP contribution < -0.4 is 0 Å². The second-order valence-electron chi connectivity index (χ2n) is 5.63. The largest absolute Gasteiger partial charge is 0.392 e. The number of hydrogen-bond acceptors (Lipinski definition) is 4. The van der Waals surface area contributed by atoms with Crippen LogP contribution in [0.3, 0.4) is 0 Å². The van der Waals surface area contributed by atoms with Crippen LogP contribution in [0.25, 0.3) is 0 Å². The van der Waals surface area contributed by atoms with Crippen LogP contribution in [-0.2, 0) is 9.47 Å². The molecule has 2 unspecified atom stereocenters. The molecule has 0 radical (unpaired) electrons. The molecule has 3 atom stereocenters. The Balaban J connectivity index is 4.34. The molecule has 0 aliphatic heterocycles. The number of allylic oxidation sites excluding steroid dienone is 3. The van der Waals surface area contributed by atoms with Gasteiger partial charge in [0.25, 0.3) is 0 Å². The van der Waals surface area contributed by atoms with Gasteiger partial charge in [-0.1, -0.05) is 30.2 Å². The summed E-state index contributed by atoms with van der Waals surface area (Å²) in [5.41, 5.74) is 2.47. The van der Waals surface area contributed by atoms with Crippen molar-refractivity contribution >= 4 is 0 Å². The van der Waals surface area contributed by atoms with Crippen LogP contribution in [0.2, 0.25) is 0 Å². The predicted octanol–water partition coefficient (Wildman–Crippen LogP) is 3.97. The Morgan fingerprint density at radius 2 is 1.95 bits per heavy atom. The summed E-state index contributed by atoms with van der Waals surface area (Å²) in [5, 5.41) is 18.0. The van der Waals surface area contributed by atoms with Crippen LogP contribution in [-0.4, -0.2) is 30.7 Å². The maximum absolute atomic E-state index is 9.20. The van der Waals surface area contributed by atoms with Gasteiger partial charge < -0.3 is 14.6 Å². The van der Waals surface area contributed by atoms with Gasteiger partial charge in [-0.15, -0.1) is 0 Å². The number of rotatable bonds is 11. The highest BCUT2D eigenvalue weighted by molar-refractivity contribution is 5.07. The van der Waals surface area contributed by atoms with Crippen molar-refractivity contribution in [2.75, 3.05) is 13.2 Å². The summed E-state index contributed by atoms with van der Waals surface area (Å²) in [6.07, 6.45) is 5.81. The first-order chi connectivity index (χ1) is 10.4. The molecule has 0 saturated carbocycles. The molecule has 0 aliphatic rings. The fourth-order valence-corrected chi connectivity index (χ4v) is 2.14. The molecular weight excluding hydrogens is 278 g/mol. The van der Waals surface area contributed by atoms with Gasteiger partial charge in [-0.2, -0.15) is 5.26 Å². The van der Waals surface area contributed by atoms with Crippen LogP contribution in [0.1, 0.15) is 53.9 Å². The summed E-state index contributed by atoms with van der Waals surface area (Å²) < 4.78 is 10.9.